The number of aliphatic hydroxyl groups is 1. The summed E-state index contributed by atoms with van der Waals surface area (Å²) in [5.41, 5.74) is 1.19. The molecular weight excluding hydrogens is 188 g/mol. The summed E-state index contributed by atoms with van der Waals surface area (Å²) in [6.07, 6.45) is -0.282. The highest BCUT2D eigenvalue weighted by molar-refractivity contribution is 5.47. The largest absolute Gasteiger partial charge is 0.390 e. The predicted octanol–water partition coefficient (Wildman–Crippen LogP) is 0.846. The Kier molecular flexibility index (Phi) is 3.23. The van der Waals surface area contributed by atoms with E-state index in [1.54, 1.807) is 0 Å². The average molecular weight is 206 g/mol. The van der Waals surface area contributed by atoms with Crippen LogP contribution in [0.5, 0.6) is 0 Å². The van der Waals surface area contributed by atoms with Gasteiger partial charge in [-0.15, -0.1) is 0 Å². The number of hydrogen-bond acceptors (Lipinski definition) is 3. The van der Waals surface area contributed by atoms with E-state index in [2.05, 4.69) is 29.3 Å². The number of benzene rings is 1. The highest BCUT2D eigenvalue weighted by Gasteiger charge is 2.21. The van der Waals surface area contributed by atoms with Gasteiger partial charge >= 0.3 is 0 Å². The Morgan fingerprint density at radius 2 is 2.00 bits per heavy atom. The van der Waals surface area contributed by atoms with Gasteiger partial charge in [0.2, 0.25) is 0 Å². The number of hydrogen-bond donors (Lipinski definition) is 2. The first-order valence-electron chi connectivity index (χ1n) is 5.48. The average Bonchev–Trinajstić information content (AvgIpc) is 2.42. The minimum absolute atomic E-state index is 0.282. The van der Waals surface area contributed by atoms with Gasteiger partial charge < -0.3 is 15.3 Å². The van der Waals surface area contributed by atoms with Gasteiger partial charge in [-0.2, -0.15) is 0 Å². The van der Waals surface area contributed by atoms with Crippen LogP contribution in [0.3, 0.4) is 0 Å². The fourth-order valence-electron chi connectivity index (χ4n) is 2.02. The van der Waals surface area contributed by atoms with Gasteiger partial charge in [0.05, 0.1) is 6.10 Å². The second-order valence-corrected chi connectivity index (χ2v) is 4.15. The third-order valence-corrected chi connectivity index (χ3v) is 2.85. The highest BCUT2D eigenvalue weighted by Crippen LogP contribution is 2.17. The lowest BCUT2D eigenvalue weighted by atomic mass is 10.2. The van der Waals surface area contributed by atoms with Crippen molar-refractivity contribution in [2.75, 3.05) is 24.5 Å². The molecule has 1 fully saturated rings. The van der Waals surface area contributed by atoms with Crippen LogP contribution < -0.4 is 10.2 Å². The molecule has 1 heterocycles. The van der Waals surface area contributed by atoms with Gasteiger partial charge in [0.15, 0.2) is 0 Å². The van der Waals surface area contributed by atoms with Crippen LogP contribution >= 0.6 is 0 Å². The fraction of sp³-hybridized carbons (Fsp3) is 0.500. The van der Waals surface area contributed by atoms with Crippen LogP contribution in [0, 0.1) is 0 Å². The molecule has 1 aromatic rings. The van der Waals surface area contributed by atoms with E-state index < -0.39 is 0 Å². The molecular formula is C12H18N2O. The molecule has 1 aliphatic heterocycles. The summed E-state index contributed by atoms with van der Waals surface area (Å²) < 4.78 is 0. The van der Waals surface area contributed by atoms with Crippen LogP contribution in [0.25, 0.3) is 0 Å². The summed E-state index contributed by atoms with van der Waals surface area (Å²) >= 11 is 0. The molecule has 0 bridgehead atoms. The van der Waals surface area contributed by atoms with E-state index in [4.69, 9.17) is 0 Å². The summed E-state index contributed by atoms with van der Waals surface area (Å²) in [5.74, 6) is 0. The maximum atomic E-state index is 9.73. The van der Waals surface area contributed by atoms with Crippen molar-refractivity contribution >= 4 is 5.69 Å². The monoisotopic (exact) mass is 206 g/mol. The maximum Gasteiger partial charge on any atom is 0.0839 e. The van der Waals surface area contributed by atoms with E-state index in [1.807, 2.05) is 18.2 Å². The summed E-state index contributed by atoms with van der Waals surface area (Å²) in [6, 6.07) is 10.7. The Hall–Kier alpha value is -1.06. The zero-order valence-corrected chi connectivity index (χ0v) is 9.06. The van der Waals surface area contributed by atoms with Crippen molar-refractivity contribution in [1.29, 1.82) is 0 Å². The number of rotatable bonds is 1. The minimum atomic E-state index is -0.282. The van der Waals surface area contributed by atoms with Gasteiger partial charge in [-0.1, -0.05) is 18.2 Å². The molecule has 0 spiro atoms. The van der Waals surface area contributed by atoms with Crippen molar-refractivity contribution < 1.29 is 5.11 Å². The normalized spacial score (nSPS) is 27.5. The zero-order chi connectivity index (χ0) is 10.7. The second-order valence-electron chi connectivity index (χ2n) is 4.15. The zero-order valence-electron chi connectivity index (χ0n) is 9.06. The lowest BCUT2D eigenvalue weighted by Crippen LogP contribution is -2.39. The van der Waals surface area contributed by atoms with Crippen molar-refractivity contribution in [3.63, 3.8) is 0 Å². The van der Waals surface area contributed by atoms with Crippen molar-refractivity contribution in [2.45, 2.75) is 19.1 Å². The fourth-order valence-corrected chi connectivity index (χ4v) is 2.02. The number of nitrogens with one attached hydrogen (secondary N) is 1. The van der Waals surface area contributed by atoms with E-state index >= 15 is 0 Å². The molecule has 1 saturated heterocycles. The number of anilines is 1. The molecule has 1 aliphatic rings. The predicted molar refractivity (Wildman–Crippen MR) is 62.1 cm³/mol. The molecule has 3 nitrogen and oxygen atoms in total. The molecule has 0 radical (unpaired) electrons. The highest BCUT2D eigenvalue weighted by atomic mass is 16.3. The standard InChI is InChI=1S/C12H18N2O/c1-10-7-13-8-12(15)9-14(10)11-5-3-2-4-6-11/h2-6,10,12-13,15H,7-9H2,1H3. The van der Waals surface area contributed by atoms with E-state index in [-0.39, 0.29) is 6.10 Å². The molecule has 2 unspecified atom stereocenters. The Morgan fingerprint density at radius 1 is 1.27 bits per heavy atom. The van der Waals surface area contributed by atoms with Gasteiger partial charge in [-0.05, 0) is 19.1 Å². The molecule has 2 atom stereocenters. The van der Waals surface area contributed by atoms with Gasteiger partial charge in [0, 0.05) is 31.4 Å². The SMILES string of the molecule is CC1CNCC(O)CN1c1ccccc1. The quantitative estimate of drug-likeness (QED) is 0.715. The minimum Gasteiger partial charge on any atom is -0.390 e. The summed E-state index contributed by atoms with van der Waals surface area (Å²) in [5, 5.41) is 13.0. The third kappa shape index (κ3) is 2.49. The summed E-state index contributed by atoms with van der Waals surface area (Å²) in [7, 11) is 0. The first kappa shape index (κ1) is 10.5. The number of para-hydroxylation sites is 1. The second kappa shape index (κ2) is 4.64. The van der Waals surface area contributed by atoms with Crippen LogP contribution in [0.15, 0.2) is 30.3 Å². The Bertz CT molecular complexity index is 302. The van der Waals surface area contributed by atoms with Crippen LogP contribution in [0.1, 0.15) is 6.92 Å². The molecule has 0 aromatic heterocycles. The molecule has 0 amide bonds. The number of β-amino-alcohol motifs (C(OH)–C–C–N with tert-alkyl or cyclic N) is 1. The lowest BCUT2D eigenvalue weighted by Gasteiger charge is -2.29. The Labute approximate surface area is 90.7 Å². The van der Waals surface area contributed by atoms with Gasteiger partial charge in [0.1, 0.15) is 0 Å². The van der Waals surface area contributed by atoms with Crippen molar-refractivity contribution in [3.8, 4) is 0 Å². The van der Waals surface area contributed by atoms with Crippen LogP contribution in [0.2, 0.25) is 0 Å². The van der Waals surface area contributed by atoms with Gasteiger partial charge in [0.25, 0.3) is 0 Å². The topological polar surface area (TPSA) is 35.5 Å². The first-order chi connectivity index (χ1) is 7.27. The van der Waals surface area contributed by atoms with Crippen molar-refractivity contribution in [1.82, 2.24) is 5.32 Å². The van der Waals surface area contributed by atoms with E-state index in [0.29, 0.717) is 19.1 Å². The Balaban J connectivity index is 2.18. The van der Waals surface area contributed by atoms with Crippen LogP contribution in [-0.2, 0) is 0 Å². The molecule has 82 valence electrons. The summed E-state index contributed by atoms with van der Waals surface area (Å²) in [6.45, 7) is 4.50. The van der Waals surface area contributed by atoms with Gasteiger partial charge in [-0.25, -0.2) is 0 Å². The lowest BCUT2D eigenvalue weighted by molar-refractivity contribution is 0.184. The van der Waals surface area contributed by atoms with Crippen molar-refractivity contribution in [2.24, 2.45) is 0 Å². The molecule has 1 aromatic carbocycles. The number of aliphatic hydroxyl groups excluding tert-OH is 1. The first-order valence-corrected chi connectivity index (χ1v) is 5.48. The number of nitrogens with zero attached hydrogens (tertiary/aromatic N) is 1. The molecule has 2 rings (SSSR count). The molecule has 2 N–H and O–H groups in total. The molecule has 0 aliphatic carbocycles. The van der Waals surface area contributed by atoms with Crippen LogP contribution in [0.4, 0.5) is 5.69 Å². The molecule has 0 saturated carbocycles. The van der Waals surface area contributed by atoms with Gasteiger partial charge in [-0.3, -0.25) is 0 Å². The van der Waals surface area contributed by atoms with E-state index in [1.165, 1.54) is 5.69 Å². The van der Waals surface area contributed by atoms with Crippen molar-refractivity contribution in [3.05, 3.63) is 30.3 Å². The van der Waals surface area contributed by atoms with E-state index in [9.17, 15) is 5.11 Å². The van der Waals surface area contributed by atoms with E-state index in [0.717, 1.165) is 6.54 Å². The molecule has 15 heavy (non-hydrogen) atoms. The smallest absolute Gasteiger partial charge is 0.0839 e. The third-order valence-electron chi connectivity index (χ3n) is 2.85. The maximum absolute atomic E-state index is 9.73. The Morgan fingerprint density at radius 3 is 2.73 bits per heavy atom. The molecule has 3 heteroatoms. The summed E-state index contributed by atoms with van der Waals surface area (Å²) in [4.78, 5) is 2.25. The van der Waals surface area contributed by atoms with Crippen LogP contribution in [-0.4, -0.2) is 36.9 Å².